The van der Waals surface area contributed by atoms with Gasteiger partial charge in [-0.3, -0.25) is 0 Å². The molecule has 2 heterocycles. The van der Waals surface area contributed by atoms with E-state index >= 15 is 0 Å². The number of hydrogen-bond donors (Lipinski definition) is 0. The van der Waals surface area contributed by atoms with Gasteiger partial charge in [0.05, 0.1) is 8.44 Å². The van der Waals surface area contributed by atoms with Crippen molar-refractivity contribution in [2.75, 3.05) is 4.90 Å². The van der Waals surface area contributed by atoms with E-state index in [0.29, 0.717) is 0 Å². The molecule has 0 bridgehead atoms. The second-order valence-electron chi connectivity index (χ2n) is 5.75. The third kappa shape index (κ3) is 1.65. The number of anilines is 1. The first kappa shape index (κ1) is 10.5. The Kier molecular flexibility index (Phi) is 2.19. The maximum Gasteiger partial charge on any atom is 0.104 e. The number of rotatable bonds is 1. The SMILES string of the molecule is [2H]C1([2H])c2ccccc2C2=C(C)N(c3ccccc3C)C(C)N21. The second-order valence-corrected chi connectivity index (χ2v) is 5.75. The Balaban J connectivity index is 1.95. The zero-order valence-electron chi connectivity index (χ0n) is 14.6. The normalized spacial score (nSPS) is 23.9. The van der Waals surface area contributed by atoms with Gasteiger partial charge in [-0.15, -0.1) is 0 Å². The van der Waals surface area contributed by atoms with Crippen LogP contribution in [0.2, 0.25) is 0 Å². The molecule has 4 rings (SSSR count). The molecule has 2 aliphatic rings. The zero-order chi connectivity index (χ0) is 16.4. The van der Waals surface area contributed by atoms with Crippen molar-refractivity contribution in [1.29, 1.82) is 0 Å². The Labute approximate surface area is 129 Å². The van der Waals surface area contributed by atoms with Crippen molar-refractivity contribution < 1.29 is 2.74 Å². The van der Waals surface area contributed by atoms with Crippen LogP contribution in [0.5, 0.6) is 0 Å². The highest BCUT2D eigenvalue weighted by molar-refractivity contribution is 5.80. The molecule has 0 fully saturated rings. The zero-order valence-corrected chi connectivity index (χ0v) is 12.6. The summed E-state index contributed by atoms with van der Waals surface area (Å²) in [4.78, 5) is 4.16. The van der Waals surface area contributed by atoms with Crippen LogP contribution in [0.25, 0.3) is 5.70 Å². The maximum absolute atomic E-state index is 8.65. The number of para-hydroxylation sites is 1. The first-order chi connectivity index (χ1) is 10.9. The lowest BCUT2D eigenvalue weighted by atomic mass is 10.1. The molecule has 1 unspecified atom stereocenters. The molecule has 2 aromatic carbocycles. The molecule has 2 aromatic rings. The average Bonchev–Trinajstić information content (AvgIpc) is 2.93. The Bertz CT molecular complexity index is 826. The molecule has 2 aliphatic heterocycles. The molecule has 0 amide bonds. The van der Waals surface area contributed by atoms with E-state index in [4.69, 9.17) is 2.74 Å². The van der Waals surface area contributed by atoms with Crippen molar-refractivity contribution in [3.05, 3.63) is 70.9 Å². The quantitative estimate of drug-likeness (QED) is 0.764. The second kappa shape index (κ2) is 4.39. The third-order valence-corrected chi connectivity index (χ3v) is 4.49. The van der Waals surface area contributed by atoms with E-state index in [-0.39, 0.29) is 6.17 Å². The van der Waals surface area contributed by atoms with E-state index in [2.05, 4.69) is 37.8 Å². The van der Waals surface area contributed by atoms with Gasteiger partial charge in [-0.2, -0.15) is 0 Å². The molecular formula is C19H20N2. The highest BCUT2D eigenvalue weighted by atomic mass is 15.4. The summed E-state index contributed by atoms with van der Waals surface area (Å²) in [7, 11) is 0. The van der Waals surface area contributed by atoms with Crippen LogP contribution in [0, 0.1) is 6.92 Å². The van der Waals surface area contributed by atoms with Crippen molar-refractivity contribution in [2.24, 2.45) is 0 Å². The summed E-state index contributed by atoms with van der Waals surface area (Å²) in [6.45, 7) is 4.79. The van der Waals surface area contributed by atoms with Crippen LogP contribution in [0.15, 0.2) is 54.2 Å². The van der Waals surface area contributed by atoms with Gasteiger partial charge in [-0.25, -0.2) is 0 Å². The number of allylic oxidation sites excluding steroid dienone is 1. The fourth-order valence-corrected chi connectivity index (χ4v) is 3.48. The fraction of sp³-hybridized carbons (Fsp3) is 0.263. The van der Waals surface area contributed by atoms with E-state index < -0.39 is 6.50 Å². The summed E-state index contributed by atoms with van der Waals surface area (Å²) in [6.07, 6.45) is -0.0616. The Morgan fingerprint density at radius 3 is 2.57 bits per heavy atom. The van der Waals surface area contributed by atoms with Gasteiger partial charge in [0.2, 0.25) is 0 Å². The third-order valence-electron chi connectivity index (χ3n) is 4.49. The van der Waals surface area contributed by atoms with Crippen molar-refractivity contribution in [1.82, 2.24) is 4.90 Å². The molecule has 0 radical (unpaired) electrons. The van der Waals surface area contributed by atoms with E-state index in [1.165, 1.54) is 5.56 Å². The minimum absolute atomic E-state index is 0.0616. The van der Waals surface area contributed by atoms with E-state index in [1.807, 2.05) is 41.3 Å². The molecule has 0 N–H and O–H groups in total. The topological polar surface area (TPSA) is 6.48 Å². The lowest BCUT2D eigenvalue weighted by Gasteiger charge is -2.31. The molecule has 21 heavy (non-hydrogen) atoms. The number of aryl methyl sites for hydroxylation is 1. The van der Waals surface area contributed by atoms with Crippen LogP contribution in [0.1, 0.15) is 33.3 Å². The molecule has 0 saturated heterocycles. The molecular weight excluding hydrogens is 256 g/mol. The van der Waals surface area contributed by atoms with E-state index in [0.717, 1.165) is 28.2 Å². The monoisotopic (exact) mass is 278 g/mol. The van der Waals surface area contributed by atoms with Crippen LogP contribution in [0.4, 0.5) is 5.69 Å². The van der Waals surface area contributed by atoms with Crippen LogP contribution in [-0.4, -0.2) is 11.1 Å². The number of benzene rings is 2. The van der Waals surface area contributed by atoms with Crippen molar-refractivity contribution in [3.63, 3.8) is 0 Å². The summed E-state index contributed by atoms with van der Waals surface area (Å²) < 4.78 is 17.3. The molecule has 2 nitrogen and oxygen atoms in total. The van der Waals surface area contributed by atoms with Gasteiger partial charge in [0.1, 0.15) is 6.17 Å². The van der Waals surface area contributed by atoms with E-state index in [1.54, 1.807) is 0 Å². The Morgan fingerprint density at radius 2 is 1.76 bits per heavy atom. The van der Waals surface area contributed by atoms with Crippen LogP contribution in [-0.2, 0) is 6.50 Å². The van der Waals surface area contributed by atoms with Crippen molar-refractivity contribution >= 4 is 11.4 Å². The van der Waals surface area contributed by atoms with Crippen molar-refractivity contribution in [2.45, 2.75) is 33.4 Å². The number of hydrogen-bond acceptors (Lipinski definition) is 2. The number of fused-ring (bicyclic) bond motifs is 3. The summed E-state index contributed by atoms with van der Waals surface area (Å²) in [6, 6.07) is 16.1. The first-order valence-corrected chi connectivity index (χ1v) is 7.39. The lowest BCUT2D eigenvalue weighted by Crippen LogP contribution is -2.36. The predicted octanol–water partition coefficient (Wildman–Crippen LogP) is 4.37. The average molecular weight is 278 g/mol. The molecule has 0 spiro atoms. The minimum atomic E-state index is -1.48. The van der Waals surface area contributed by atoms with Gasteiger partial charge in [-0.1, -0.05) is 42.5 Å². The molecule has 0 aromatic heterocycles. The summed E-state index contributed by atoms with van der Waals surface area (Å²) in [5.41, 5.74) is 6.26. The standard InChI is InChI=1S/C19H20N2/c1-13-8-4-7-11-18(13)21-14(2)19-17-10-6-5-9-16(17)12-20(19)15(21)3/h4-11,15H,12H2,1-3H3/i12D2. The van der Waals surface area contributed by atoms with Crippen molar-refractivity contribution in [3.8, 4) is 0 Å². The molecule has 0 saturated carbocycles. The maximum atomic E-state index is 8.65. The van der Waals surface area contributed by atoms with Crippen LogP contribution >= 0.6 is 0 Å². The smallest absolute Gasteiger partial charge is 0.104 e. The Hall–Kier alpha value is -2.22. The van der Waals surface area contributed by atoms with Gasteiger partial charge in [0.25, 0.3) is 0 Å². The minimum Gasteiger partial charge on any atom is -0.345 e. The summed E-state index contributed by atoms with van der Waals surface area (Å²) in [5, 5.41) is 0. The molecule has 1 atom stereocenters. The van der Waals surface area contributed by atoms with Gasteiger partial charge in [-0.05, 0) is 38.0 Å². The number of nitrogens with zero attached hydrogens (tertiary/aromatic N) is 2. The van der Waals surface area contributed by atoms with Gasteiger partial charge in [0, 0.05) is 23.4 Å². The molecule has 0 aliphatic carbocycles. The van der Waals surface area contributed by atoms with E-state index in [9.17, 15) is 0 Å². The Morgan fingerprint density at radius 1 is 1.05 bits per heavy atom. The summed E-state index contributed by atoms with van der Waals surface area (Å²) >= 11 is 0. The fourth-order valence-electron chi connectivity index (χ4n) is 3.48. The largest absolute Gasteiger partial charge is 0.345 e. The predicted molar refractivity (Wildman–Crippen MR) is 87.7 cm³/mol. The first-order valence-electron chi connectivity index (χ1n) is 8.39. The molecule has 2 heteroatoms. The highest BCUT2D eigenvalue weighted by Gasteiger charge is 2.39. The van der Waals surface area contributed by atoms with Crippen LogP contribution in [0.3, 0.4) is 0 Å². The highest BCUT2D eigenvalue weighted by Crippen LogP contribution is 2.45. The summed E-state index contributed by atoms with van der Waals surface area (Å²) in [5.74, 6) is 0. The van der Waals surface area contributed by atoms with Gasteiger partial charge < -0.3 is 9.80 Å². The van der Waals surface area contributed by atoms with Gasteiger partial charge >= 0.3 is 0 Å². The molecule has 106 valence electrons. The lowest BCUT2D eigenvalue weighted by molar-refractivity contribution is 0.341. The van der Waals surface area contributed by atoms with Gasteiger partial charge in [0.15, 0.2) is 0 Å². The van der Waals surface area contributed by atoms with Crippen LogP contribution < -0.4 is 4.90 Å².